The van der Waals surface area contributed by atoms with Crippen molar-refractivity contribution in [3.05, 3.63) is 200 Å². The summed E-state index contributed by atoms with van der Waals surface area (Å²) in [7, 11) is 0. The van der Waals surface area contributed by atoms with Gasteiger partial charge in [-0.2, -0.15) is 0 Å². The van der Waals surface area contributed by atoms with Gasteiger partial charge in [-0.05, 0) is 99.1 Å². The van der Waals surface area contributed by atoms with Crippen molar-refractivity contribution in [2.75, 3.05) is 4.90 Å². The van der Waals surface area contributed by atoms with Crippen LogP contribution in [0.5, 0.6) is 0 Å². The first-order valence-electron chi connectivity index (χ1n) is 17.0. The fourth-order valence-electron chi connectivity index (χ4n) is 6.97. The molecule has 1 aromatic heterocycles. The Morgan fingerprint density at radius 3 is 1.28 bits per heavy atom. The lowest BCUT2D eigenvalue weighted by Crippen LogP contribution is -2.09. The monoisotopic (exact) mass is 639 g/mol. The van der Waals surface area contributed by atoms with E-state index in [0.717, 1.165) is 50.1 Å². The van der Waals surface area contributed by atoms with E-state index < -0.39 is 0 Å². The second-order valence-corrected chi connectivity index (χ2v) is 12.6. The molecule has 9 rings (SSSR count). The lowest BCUT2D eigenvalue weighted by molar-refractivity contribution is 0.669. The standard InChI is InChI=1S/C48H33NO/c1-4-12-34(13-5-1)35-20-22-36(23-21-35)37-24-28-41(29-25-37)49(40-16-8-3-9-17-40)42-30-26-39(27-31-42)45-33-48-46(43-18-10-11-19-47(43)50-48)32-44(45)38-14-6-2-7-15-38/h1-33H. The van der Waals surface area contributed by atoms with Crippen molar-refractivity contribution in [3.8, 4) is 44.5 Å². The van der Waals surface area contributed by atoms with Crippen molar-refractivity contribution in [1.82, 2.24) is 0 Å². The highest BCUT2D eigenvalue weighted by atomic mass is 16.3. The van der Waals surface area contributed by atoms with Crippen molar-refractivity contribution < 1.29 is 4.42 Å². The largest absolute Gasteiger partial charge is 0.456 e. The summed E-state index contributed by atoms with van der Waals surface area (Å²) in [6, 6.07) is 71.0. The second-order valence-electron chi connectivity index (χ2n) is 12.6. The Morgan fingerprint density at radius 2 is 0.680 bits per heavy atom. The number of hydrogen-bond acceptors (Lipinski definition) is 2. The molecule has 0 radical (unpaired) electrons. The molecule has 0 aliphatic heterocycles. The molecular formula is C48H33NO. The molecule has 0 bridgehead atoms. The number of fused-ring (bicyclic) bond motifs is 3. The van der Waals surface area contributed by atoms with Gasteiger partial charge in [-0.15, -0.1) is 0 Å². The fraction of sp³-hybridized carbons (Fsp3) is 0. The lowest BCUT2D eigenvalue weighted by Gasteiger charge is -2.26. The minimum absolute atomic E-state index is 0.894. The molecule has 0 atom stereocenters. The van der Waals surface area contributed by atoms with Gasteiger partial charge in [-0.25, -0.2) is 0 Å². The number of furan rings is 1. The molecule has 2 heteroatoms. The first kappa shape index (κ1) is 29.5. The quantitative estimate of drug-likeness (QED) is 0.173. The molecule has 0 fully saturated rings. The third-order valence-corrected chi connectivity index (χ3v) is 9.50. The molecule has 0 amide bonds. The molecule has 236 valence electrons. The molecule has 0 saturated heterocycles. The number of benzene rings is 8. The van der Waals surface area contributed by atoms with E-state index in [1.54, 1.807) is 0 Å². The molecule has 2 nitrogen and oxygen atoms in total. The van der Waals surface area contributed by atoms with Crippen LogP contribution in [-0.4, -0.2) is 0 Å². The van der Waals surface area contributed by atoms with Gasteiger partial charge in [0.15, 0.2) is 0 Å². The Kier molecular flexibility index (Phi) is 7.53. The lowest BCUT2D eigenvalue weighted by atomic mass is 9.92. The van der Waals surface area contributed by atoms with E-state index in [1.807, 2.05) is 12.1 Å². The first-order valence-corrected chi connectivity index (χ1v) is 17.0. The van der Waals surface area contributed by atoms with Gasteiger partial charge in [0, 0.05) is 27.8 Å². The van der Waals surface area contributed by atoms with E-state index in [0.29, 0.717) is 0 Å². The van der Waals surface area contributed by atoms with Gasteiger partial charge in [0.1, 0.15) is 11.2 Å². The third-order valence-electron chi connectivity index (χ3n) is 9.50. The van der Waals surface area contributed by atoms with Crippen LogP contribution in [-0.2, 0) is 0 Å². The molecule has 50 heavy (non-hydrogen) atoms. The van der Waals surface area contributed by atoms with E-state index >= 15 is 0 Å². The van der Waals surface area contributed by atoms with Gasteiger partial charge >= 0.3 is 0 Å². The minimum Gasteiger partial charge on any atom is -0.456 e. The Morgan fingerprint density at radius 1 is 0.280 bits per heavy atom. The number of rotatable bonds is 7. The van der Waals surface area contributed by atoms with Crippen LogP contribution < -0.4 is 4.90 Å². The molecular weight excluding hydrogens is 607 g/mol. The van der Waals surface area contributed by atoms with Crippen molar-refractivity contribution in [2.24, 2.45) is 0 Å². The highest BCUT2D eigenvalue weighted by Crippen LogP contribution is 2.41. The summed E-state index contributed by atoms with van der Waals surface area (Å²) < 4.78 is 6.34. The van der Waals surface area contributed by atoms with Gasteiger partial charge in [-0.3, -0.25) is 0 Å². The number of anilines is 3. The Hall–Kier alpha value is -6.64. The SMILES string of the molecule is c1ccc(-c2ccc(-c3ccc(N(c4ccccc4)c4ccc(-c5cc6oc7ccccc7c6cc5-c5ccccc5)cc4)cc3)cc2)cc1. The zero-order chi connectivity index (χ0) is 33.3. The van der Waals surface area contributed by atoms with Crippen LogP contribution in [0.25, 0.3) is 66.4 Å². The van der Waals surface area contributed by atoms with Gasteiger partial charge in [0.05, 0.1) is 0 Å². The number of nitrogens with zero attached hydrogens (tertiary/aromatic N) is 1. The zero-order valence-electron chi connectivity index (χ0n) is 27.4. The second kappa shape index (κ2) is 12.8. The normalized spacial score (nSPS) is 11.2. The van der Waals surface area contributed by atoms with Crippen LogP contribution in [0.15, 0.2) is 205 Å². The van der Waals surface area contributed by atoms with Crippen LogP contribution >= 0.6 is 0 Å². The highest BCUT2D eigenvalue weighted by Gasteiger charge is 2.17. The molecule has 0 aliphatic rings. The Balaban J connectivity index is 1.08. The van der Waals surface area contributed by atoms with Crippen molar-refractivity contribution in [1.29, 1.82) is 0 Å². The Bertz CT molecular complexity index is 2530. The topological polar surface area (TPSA) is 16.4 Å². The van der Waals surface area contributed by atoms with Crippen LogP contribution in [0.2, 0.25) is 0 Å². The van der Waals surface area contributed by atoms with E-state index in [-0.39, 0.29) is 0 Å². The Labute approximate surface area is 292 Å². The van der Waals surface area contributed by atoms with E-state index in [1.165, 1.54) is 33.4 Å². The van der Waals surface area contributed by atoms with Crippen molar-refractivity contribution in [2.45, 2.75) is 0 Å². The number of para-hydroxylation sites is 2. The van der Waals surface area contributed by atoms with Crippen LogP contribution in [0.1, 0.15) is 0 Å². The highest BCUT2D eigenvalue weighted by molar-refractivity contribution is 6.08. The van der Waals surface area contributed by atoms with Gasteiger partial charge in [0.25, 0.3) is 0 Å². The zero-order valence-corrected chi connectivity index (χ0v) is 27.4. The van der Waals surface area contributed by atoms with Crippen molar-refractivity contribution >= 4 is 39.0 Å². The van der Waals surface area contributed by atoms with Crippen LogP contribution in [0, 0.1) is 0 Å². The maximum Gasteiger partial charge on any atom is 0.136 e. The minimum atomic E-state index is 0.894. The van der Waals surface area contributed by atoms with Gasteiger partial charge < -0.3 is 9.32 Å². The number of hydrogen-bond donors (Lipinski definition) is 0. The molecule has 9 aromatic rings. The summed E-state index contributed by atoms with van der Waals surface area (Å²) in [5, 5.41) is 2.26. The predicted molar refractivity (Wildman–Crippen MR) is 210 cm³/mol. The summed E-state index contributed by atoms with van der Waals surface area (Å²) in [4.78, 5) is 2.31. The van der Waals surface area contributed by atoms with Gasteiger partial charge in [0.2, 0.25) is 0 Å². The summed E-state index contributed by atoms with van der Waals surface area (Å²) >= 11 is 0. The summed E-state index contributed by atoms with van der Waals surface area (Å²) in [6.07, 6.45) is 0. The van der Waals surface area contributed by atoms with E-state index in [9.17, 15) is 0 Å². The fourth-order valence-corrected chi connectivity index (χ4v) is 6.97. The summed E-state index contributed by atoms with van der Waals surface area (Å²) in [6.45, 7) is 0. The average molecular weight is 640 g/mol. The summed E-state index contributed by atoms with van der Waals surface area (Å²) in [5.41, 5.74) is 14.6. The molecule has 0 saturated carbocycles. The smallest absolute Gasteiger partial charge is 0.136 e. The first-order chi connectivity index (χ1) is 24.8. The molecule has 0 spiro atoms. The molecule has 8 aromatic carbocycles. The predicted octanol–water partition coefficient (Wildman–Crippen LogP) is 13.7. The molecule has 0 unspecified atom stereocenters. The maximum atomic E-state index is 6.34. The van der Waals surface area contributed by atoms with Crippen LogP contribution in [0.3, 0.4) is 0 Å². The average Bonchev–Trinajstić information content (AvgIpc) is 3.57. The molecule has 0 N–H and O–H groups in total. The van der Waals surface area contributed by atoms with Crippen LogP contribution in [0.4, 0.5) is 17.1 Å². The molecule has 1 heterocycles. The third kappa shape index (κ3) is 5.53. The van der Waals surface area contributed by atoms with Gasteiger partial charge in [-0.1, -0.05) is 146 Å². The van der Waals surface area contributed by atoms with Crippen molar-refractivity contribution in [3.63, 3.8) is 0 Å². The van der Waals surface area contributed by atoms with E-state index in [2.05, 4.69) is 193 Å². The summed E-state index contributed by atoms with van der Waals surface area (Å²) in [5.74, 6) is 0. The van der Waals surface area contributed by atoms with E-state index in [4.69, 9.17) is 4.42 Å². The molecule has 0 aliphatic carbocycles. The maximum absolute atomic E-state index is 6.34.